The van der Waals surface area contributed by atoms with Gasteiger partial charge in [0.25, 0.3) is 5.91 Å². The molecule has 3 rings (SSSR count). The van der Waals surface area contributed by atoms with Crippen LogP contribution in [0, 0.1) is 5.92 Å². The maximum Gasteiger partial charge on any atom is 0.275 e. The largest absolute Gasteiger partial charge is 0.493 e. The monoisotopic (exact) mass is 285 g/mol. The third-order valence-corrected chi connectivity index (χ3v) is 3.82. The molecule has 2 aromatic rings. The molecule has 0 saturated heterocycles. The summed E-state index contributed by atoms with van der Waals surface area (Å²) in [6.45, 7) is 2.04. The Morgan fingerprint density at radius 2 is 2.10 bits per heavy atom. The summed E-state index contributed by atoms with van der Waals surface area (Å²) in [7, 11) is 1.55. The van der Waals surface area contributed by atoms with Crippen LogP contribution in [0.5, 0.6) is 5.75 Å². The summed E-state index contributed by atoms with van der Waals surface area (Å²) in [6.07, 6.45) is 4.11. The Bertz CT molecular complexity index is 632. The van der Waals surface area contributed by atoms with Crippen LogP contribution >= 0.6 is 0 Å². The van der Waals surface area contributed by atoms with Gasteiger partial charge in [-0.3, -0.25) is 4.79 Å². The second kappa shape index (κ2) is 5.60. The van der Waals surface area contributed by atoms with Crippen LogP contribution in [0.25, 0.3) is 5.69 Å². The minimum Gasteiger partial charge on any atom is -0.493 e. The SMILES string of the molecule is COc1cn(-c2ccccc2)nc1C(=O)N[C@@H](C)C1CC1. The number of para-hydroxylation sites is 1. The minimum absolute atomic E-state index is 0.180. The van der Waals surface area contributed by atoms with E-state index in [-0.39, 0.29) is 11.9 Å². The van der Waals surface area contributed by atoms with Crippen molar-refractivity contribution in [3.05, 3.63) is 42.2 Å². The van der Waals surface area contributed by atoms with Gasteiger partial charge in [-0.1, -0.05) is 18.2 Å². The van der Waals surface area contributed by atoms with Crippen LogP contribution in [0.2, 0.25) is 0 Å². The Labute approximate surface area is 123 Å². The molecule has 0 aliphatic heterocycles. The molecule has 1 fully saturated rings. The summed E-state index contributed by atoms with van der Waals surface area (Å²) in [5.41, 5.74) is 1.22. The van der Waals surface area contributed by atoms with Gasteiger partial charge in [0.1, 0.15) is 0 Å². The van der Waals surface area contributed by atoms with Crippen LogP contribution < -0.4 is 10.1 Å². The Balaban J connectivity index is 1.84. The topological polar surface area (TPSA) is 56.2 Å². The van der Waals surface area contributed by atoms with Gasteiger partial charge in [-0.05, 0) is 37.8 Å². The quantitative estimate of drug-likeness (QED) is 0.918. The molecule has 5 nitrogen and oxygen atoms in total. The zero-order valence-electron chi connectivity index (χ0n) is 12.2. The zero-order chi connectivity index (χ0) is 14.8. The molecule has 0 radical (unpaired) electrons. The Morgan fingerprint density at radius 3 is 2.71 bits per heavy atom. The number of ether oxygens (including phenoxy) is 1. The molecule has 1 saturated carbocycles. The molecule has 5 heteroatoms. The first kappa shape index (κ1) is 13.7. The predicted octanol–water partition coefficient (Wildman–Crippen LogP) is 2.41. The smallest absolute Gasteiger partial charge is 0.275 e. The van der Waals surface area contributed by atoms with Gasteiger partial charge in [-0.15, -0.1) is 0 Å². The van der Waals surface area contributed by atoms with Gasteiger partial charge in [-0.2, -0.15) is 5.10 Å². The maximum atomic E-state index is 12.3. The number of amides is 1. The van der Waals surface area contributed by atoms with Crippen LogP contribution in [0.3, 0.4) is 0 Å². The predicted molar refractivity (Wildman–Crippen MR) is 79.8 cm³/mol. The van der Waals surface area contributed by atoms with E-state index in [0.29, 0.717) is 17.4 Å². The fourth-order valence-corrected chi connectivity index (χ4v) is 2.37. The van der Waals surface area contributed by atoms with Crippen molar-refractivity contribution in [1.29, 1.82) is 0 Å². The molecule has 0 bridgehead atoms. The molecule has 21 heavy (non-hydrogen) atoms. The van der Waals surface area contributed by atoms with Crippen molar-refractivity contribution >= 4 is 5.91 Å². The third kappa shape index (κ3) is 2.91. The number of nitrogens with one attached hydrogen (secondary N) is 1. The van der Waals surface area contributed by atoms with Crippen molar-refractivity contribution in [2.24, 2.45) is 5.92 Å². The van der Waals surface area contributed by atoms with E-state index >= 15 is 0 Å². The molecule has 1 aromatic carbocycles. The van der Waals surface area contributed by atoms with E-state index in [0.717, 1.165) is 5.69 Å². The summed E-state index contributed by atoms with van der Waals surface area (Å²) < 4.78 is 6.94. The molecule has 110 valence electrons. The molecule has 1 amide bonds. The van der Waals surface area contributed by atoms with Gasteiger partial charge in [0.05, 0.1) is 19.0 Å². The second-order valence-corrected chi connectivity index (χ2v) is 5.43. The minimum atomic E-state index is -0.180. The second-order valence-electron chi connectivity index (χ2n) is 5.43. The highest BCUT2D eigenvalue weighted by Gasteiger charge is 2.30. The van der Waals surface area contributed by atoms with Crippen LogP contribution in [-0.4, -0.2) is 28.8 Å². The summed E-state index contributed by atoms with van der Waals surface area (Å²) in [5.74, 6) is 0.913. The van der Waals surface area contributed by atoms with E-state index in [1.165, 1.54) is 12.8 Å². The number of hydrogen-bond donors (Lipinski definition) is 1. The van der Waals surface area contributed by atoms with Gasteiger partial charge < -0.3 is 10.1 Å². The number of nitrogens with zero attached hydrogens (tertiary/aromatic N) is 2. The first-order valence-electron chi connectivity index (χ1n) is 7.19. The van der Waals surface area contributed by atoms with Crippen molar-refractivity contribution in [2.75, 3.05) is 7.11 Å². The molecular formula is C16H19N3O2. The van der Waals surface area contributed by atoms with Crippen LogP contribution in [-0.2, 0) is 0 Å². The van der Waals surface area contributed by atoms with Gasteiger partial charge >= 0.3 is 0 Å². The van der Waals surface area contributed by atoms with E-state index in [2.05, 4.69) is 10.4 Å². The van der Waals surface area contributed by atoms with E-state index in [4.69, 9.17) is 4.74 Å². The van der Waals surface area contributed by atoms with E-state index in [1.54, 1.807) is 18.0 Å². The van der Waals surface area contributed by atoms with Crippen LogP contribution in [0.15, 0.2) is 36.5 Å². The number of carbonyl (C=O) groups excluding carboxylic acids is 1. The molecule has 1 aliphatic carbocycles. The molecule has 1 atom stereocenters. The lowest BCUT2D eigenvalue weighted by Gasteiger charge is -2.11. The van der Waals surface area contributed by atoms with Crippen molar-refractivity contribution in [1.82, 2.24) is 15.1 Å². The highest BCUT2D eigenvalue weighted by molar-refractivity contribution is 5.95. The number of carbonyl (C=O) groups is 1. The number of rotatable bonds is 5. The molecule has 0 unspecified atom stereocenters. The fraction of sp³-hybridized carbons (Fsp3) is 0.375. The van der Waals surface area contributed by atoms with E-state index in [1.807, 2.05) is 37.3 Å². The van der Waals surface area contributed by atoms with E-state index in [9.17, 15) is 4.79 Å². The normalized spacial score (nSPS) is 15.5. The Kier molecular flexibility index (Phi) is 3.64. The van der Waals surface area contributed by atoms with Crippen molar-refractivity contribution in [3.63, 3.8) is 0 Å². The number of methoxy groups -OCH3 is 1. The third-order valence-electron chi connectivity index (χ3n) is 3.82. The molecule has 1 aliphatic rings. The first-order valence-corrected chi connectivity index (χ1v) is 7.19. The number of benzene rings is 1. The number of hydrogen-bond acceptors (Lipinski definition) is 3. The first-order chi connectivity index (χ1) is 10.2. The van der Waals surface area contributed by atoms with Gasteiger partial charge in [0, 0.05) is 6.04 Å². The molecule has 1 heterocycles. The van der Waals surface area contributed by atoms with E-state index < -0.39 is 0 Å². The summed E-state index contributed by atoms with van der Waals surface area (Å²) >= 11 is 0. The van der Waals surface area contributed by atoms with Crippen molar-refractivity contribution in [3.8, 4) is 11.4 Å². The van der Waals surface area contributed by atoms with Gasteiger partial charge in [0.2, 0.25) is 0 Å². The highest BCUT2D eigenvalue weighted by Crippen LogP contribution is 2.32. The number of aromatic nitrogens is 2. The Hall–Kier alpha value is -2.30. The molecular weight excluding hydrogens is 266 g/mol. The van der Waals surface area contributed by atoms with Crippen molar-refractivity contribution < 1.29 is 9.53 Å². The standard InChI is InChI=1S/C16H19N3O2/c1-11(12-8-9-12)17-16(20)15-14(21-2)10-19(18-15)13-6-4-3-5-7-13/h3-7,10-12H,8-9H2,1-2H3,(H,17,20)/t11-/m0/s1. The lowest BCUT2D eigenvalue weighted by molar-refractivity contribution is 0.0927. The fourth-order valence-electron chi connectivity index (χ4n) is 2.37. The maximum absolute atomic E-state index is 12.3. The van der Waals surface area contributed by atoms with Gasteiger partial charge in [0.15, 0.2) is 11.4 Å². The summed E-state index contributed by atoms with van der Waals surface area (Å²) in [6, 6.07) is 9.84. The molecule has 0 spiro atoms. The summed E-state index contributed by atoms with van der Waals surface area (Å²) in [5, 5.41) is 7.37. The lowest BCUT2D eigenvalue weighted by Crippen LogP contribution is -2.34. The lowest BCUT2D eigenvalue weighted by atomic mass is 10.2. The van der Waals surface area contributed by atoms with Crippen LogP contribution in [0.1, 0.15) is 30.3 Å². The average Bonchev–Trinajstić information content (AvgIpc) is 3.27. The molecule has 1 aromatic heterocycles. The van der Waals surface area contributed by atoms with Crippen LogP contribution in [0.4, 0.5) is 0 Å². The van der Waals surface area contributed by atoms with Gasteiger partial charge in [-0.25, -0.2) is 4.68 Å². The highest BCUT2D eigenvalue weighted by atomic mass is 16.5. The van der Waals surface area contributed by atoms with Crippen molar-refractivity contribution in [2.45, 2.75) is 25.8 Å². The Morgan fingerprint density at radius 1 is 1.38 bits per heavy atom. The average molecular weight is 285 g/mol. The zero-order valence-corrected chi connectivity index (χ0v) is 12.2. The molecule has 1 N–H and O–H groups in total. The summed E-state index contributed by atoms with van der Waals surface area (Å²) in [4.78, 5) is 12.3.